The van der Waals surface area contributed by atoms with Gasteiger partial charge in [-0.2, -0.15) is 0 Å². The molecule has 0 radical (unpaired) electrons. The lowest BCUT2D eigenvalue weighted by molar-refractivity contribution is 0.540. The third kappa shape index (κ3) is 1.82. The minimum Gasteiger partial charge on any atom is -0.323 e. The standard InChI is InChI=1S/C13H13Cl3N2/c1-13(2)5-11(13)18-10-4-8(16)7(15)3-9(10)17-12(18)6-14/h3-4,11H,5-6H2,1-2H3. The molecular formula is C13H13Cl3N2. The minimum absolute atomic E-state index is 0.306. The van der Waals surface area contributed by atoms with E-state index in [9.17, 15) is 0 Å². The van der Waals surface area contributed by atoms with E-state index in [1.54, 1.807) is 6.07 Å². The molecule has 0 N–H and O–H groups in total. The number of halogens is 3. The number of rotatable bonds is 2. The molecule has 0 saturated heterocycles. The zero-order valence-electron chi connectivity index (χ0n) is 10.2. The van der Waals surface area contributed by atoms with E-state index >= 15 is 0 Å². The molecule has 1 atom stereocenters. The topological polar surface area (TPSA) is 17.8 Å². The van der Waals surface area contributed by atoms with Crippen molar-refractivity contribution >= 4 is 45.8 Å². The van der Waals surface area contributed by atoms with Gasteiger partial charge in [-0.15, -0.1) is 11.6 Å². The van der Waals surface area contributed by atoms with Gasteiger partial charge in [0.25, 0.3) is 0 Å². The second kappa shape index (κ2) is 4.03. The highest BCUT2D eigenvalue weighted by Crippen LogP contribution is 2.57. The first-order valence-electron chi connectivity index (χ1n) is 5.86. The van der Waals surface area contributed by atoms with Crippen molar-refractivity contribution in [1.29, 1.82) is 0 Å². The van der Waals surface area contributed by atoms with Crippen LogP contribution in [0.1, 0.15) is 32.1 Å². The molecule has 2 nitrogen and oxygen atoms in total. The van der Waals surface area contributed by atoms with E-state index < -0.39 is 0 Å². The van der Waals surface area contributed by atoms with E-state index in [-0.39, 0.29) is 0 Å². The van der Waals surface area contributed by atoms with Crippen LogP contribution >= 0.6 is 34.8 Å². The maximum atomic E-state index is 6.10. The molecule has 1 aliphatic rings. The van der Waals surface area contributed by atoms with Crippen LogP contribution in [-0.2, 0) is 5.88 Å². The molecule has 2 aromatic rings. The molecule has 18 heavy (non-hydrogen) atoms. The van der Waals surface area contributed by atoms with E-state index in [2.05, 4.69) is 23.4 Å². The van der Waals surface area contributed by atoms with Crippen LogP contribution in [0.3, 0.4) is 0 Å². The van der Waals surface area contributed by atoms with Crippen LogP contribution in [0.5, 0.6) is 0 Å². The largest absolute Gasteiger partial charge is 0.323 e. The first-order valence-corrected chi connectivity index (χ1v) is 7.15. The van der Waals surface area contributed by atoms with Gasteiger partial charge in [-0.05, 0) is 24.0 Å². The van der Waals surface area contributed by atoms with Crippen molar-refractivity contribution in [2.24, 2.45) is 5.41 Å². The third-order valence-electron chi connectivity index (χ3n) is 3.70. The molecule has 1 aromatic heterocycles. The zero-order valence-corrected chi connectivity index (χ0v) is 12.4. The van der Waals surface area contributed by atoms with Crippen molar-refractivity contribution in [3.8, 4) is 0 Å². The summed E-state index contributed by atoms with van der Waals surface area (Å²) >= 11 is 18.1. The number of hydrogen-bond acceptors (Lipinski definition) is 1. The van der Waals surface area contributed by atoms with Gasteiger partial charge in [0, 0.05) is 6.04 Å². The molecule has 1 saturated carbocycles. The first kappa shape index (κ1) is 12.6. The van der Waals surface area contributed by atoms with Crippen LogP contribution in [0.2, 0.25) is 10.0 Å². The number of imidazole rings is 1. The molecular weight excluding hydrogens is 291 g/mol. The second-order valence-corrected chi connectivity index (χ2v) is 6.58. The number of benzene rings is 1. The Morgan fingerprint density at radius 2 is 1.94 bits per heavy atom. The van der Waals surface area contributed by atoms with Crippen molar-refractivity contribution in [3.05, 3.63) is 28.0 Å². The number of fused-ring (bicyclic) bond motifs is 1. The Morgan fingerprint density at radius 3 is 2.50 bits per heavy atom. The van der Waals surface area contributed by atoms with Gasteiger partial charge < -0.3 is 4.57 Å². The van der Waals surface area contributed by atoms with Gasteiger partial charge in [0.05, 0.1) is 27.0 Å². The number of nitrogens with zero attached hydrogens (tertiary/aromatic N) is 2. The van der Waals surface area contributed by atoms with E-state index in [0.29, 0.717) is 27.4 Å². The fraction of sp³-hybridized carbons (Fsp3) is 0.462. The fourth-order valence-corrected chi connectivity index (χ4v) is 2.97. The van der Waals surface area contributed by atoms with Gasteiger partial charge in [0.2, 0.25) is 0 Å². The molecule has 0 bridgehead atoms. The second-order valence-electron chi connectivity index (χ2n) is 5.50. The third-order valence-corrected chi connectivity index (χ3v) is 4.66. The Hall–Kier alpha value is -0.440. The molecule has 3 rings (SSSR count). The summed E-state index contributed by atoms with van der Waals surface area (Å²) in [4.78, 5) is 4.55. The highest BCUT2D eigenvalue weighted by molar-refractivity contribution is 6.42. The average Bonchev–Trinajstić information content (AvgIpc) is 2.78. The van der Waals surface area contributed by atoms with Crippen molar-refractivity contribution < 1.29 is 0 Å². The number of alkyl halides is 1. The van der Waals surface area contributed by atoms with Gasteiger partial charge in [-0.3, -0.25) is 0 Å². The lowest BCUT2D eigenvalue weighted by Gasteiger charge is -2.10. The fourth-order valence-electron chi connectivity index (χ4n) is 2.46. The molecule has 5 heteroatoms. The quantitative estimate of drug-likeness (QED) is 0.710. The van der Waals surface area contributed by atoms with Gasteiger partial charge in [0.15, 0.2) is 0 Å². The Kier molecular flexibility index (Phi) is 2.81. The van der Waals surface area contributed by atoms with Crippen molar-refractivity contribution in [2.75, 3.05) is 0 Å². The van der Waals surface area contributed by atoms with Crippen LogP contribution in [0.4, 0.5) is 0 Å². The minimum atomic E-state index is 0.306. The molecule has 1 aromatic carbocycles. The Balaban J connectivity index is 2.25. The predicted molar refractivity (Wildman–Crippen MR) is 76.7 cm³/mol. The maximum Gasteiger partial charge on any atom is 0.125 e. The van der Waals surface area contributed by atoms with Crippen molar-refractivity contribution in [3.63, 3.8) is 0 Å². The van der Waals surface area contributed by atoms with Crippen LogP contribution in [-0.4, -0.2) is 9.55 Å². The zero-order chi connectivity index (χ0) is 13.1. The molecule has 0 aliphatic heterocycles. The molecule has 0 spiro atoms. The van der Waals surface area contributed by atoms with Gasteiger partial charge in [-0.25, -0.2) is 4.98 Å². The van der Waals surface area contributed by atoms with Crippen LogP contribution in [0, 0.1) is 5.41 Å². The van der Waals surface area contributed by atoms with Crippen LogP contribution in [0.25, 0.3) is 11.0 Å². The molecule has 96 valence electrons. The summed E-state index contributed by atoms with van der Waals surface area (Å²) in [5, 5.41) is 1.09. The number of hydrogen-bond donors (Lipinski definition) is 0. The number of aromatic nitrogens is 2. The summed E-state index contributed by atoms with van der Waals surface area (Å²) in [7, 11) is 0. The summed E-state index contributed by atoms with van der Waals surface area (Å²) in [5.41, 5.74) is 2.19. The predicted octanol–water partition coefficient (Wildman–Crippen LogP) is 5.05. The highest BCUT2D eigenvalue weighted by Gasteiger charge is 2.48. The Morgan fingerprint density at radius 1 is 1.33 bits per heavy atom. The van der Waals surface area contributed by atoms with E-state index in [0.717, 1.165) is 23.3 Å². The molecule has 1 fully saturated rings. The van der Waals surface area contributed by atoms with E-state index in [1.165, 1.54) is 0 Å². The van der Waals surface area contributed by atoms with Crippen LogP contribution < -0.4 is 0 Å². The van der Waals surface area contributed by atoms with Gasteiger partial charge in [-0.1, -0.05) is 37.0 Å². The van der Waals surface area contributed by atoms with Gasteiger partial charge in [0.1, 0.15) is 5.82 Å². The highest BCUT2D eigenvalue weighted by atomic mass is 35.5. The Labute approximate surface area is 121 Å². The van der Waals surface area contributed by atoms with Crippen molar-refractivity contribution in [1.82, 2.24) is 9.55 Å². The van der Waals surface area contributed by atoms with Crippen LogP contribution in [0.15, 0.2) is 12.1 Å². The normalized spacial score (nSPS) is 21.5. The summed E-state index contributed by atoms with van der Waals surface area (Å²) in [5.74, 6) is 1.29. The first-order chi connectivity index (χ1) is 8.44. The summed E-state index contributed by atoms with van der Waals surface area (Å²) in [6.45, 7) is 4.50. The molecule has 0 amide bonds. The molecule has 1 unspecified atom stereocenters. The lowest BCUT2D eigenvalue weighted by Crippen LogP contribution is -2.04. The summed E-state index contributed by atoms with van der Waals surface area (Å²) < 4.78 is 2.21. The molecule has 1 aliphatic carbocycles. The van der Waals surface area contributed by atoms with Gasteiger partial charge >= 0.3 is 0 Å². The summed E-state index contributed by atoms with van der Waals surface area (Å²) in [6, 6.07) is 4.14. The van der Waals surface area contributed by atoms with Crippen molar-refractivity contribution in [2.45, 2.75) is 32.2 Å². The van der Waals surface area contributed by atoms with E-state index in [1.807, 2.05) is 6.07 Å². The smallest absolute Gasteiger partial charge is 0.125 e. The average molecular weight is 304 g/mol. The maximum absolute atomic E-state index is 6.10. The Bertz CT molecular complexity index is 631. The van der Waals surface area contributed by atoms with E-state index in [4.69, 9.17) is 34.8 Å². The SMILES string of the molecule is CC1(C)CC1n1c(CCl)nc2cc(Cl)c(Cl)cc21. The molecule has 1 heterocycles. The summed E-state index contributed by atoms with van der Waals surface area (Å²) in [6.07, 6.45) is 1.14. The lowest BCUT2D eigenvalue weighted by atomic mass is 10.2. The monoisotopic (exact) mass is 302 g/mol.